The van der Waals surface area contributed by atoms with Gasteiger partial charge < -0.3 is 10.4 Å². The highest BCUT2D eigenvalue weighted by Gasteiger charge is 2.29. The summed E-state index contributed by atoms with van der Waals surface area (Å²) in [7, 11) is 0. The zero-order chi connectivity index (χ0) is 10.7. The van der Waals surface area contributed by atoms with E-state index in [-0.39, 0.29) is 6.54 Å². The molecule has 0 aromatic heterocycles. The Balaban J connectivity index is 1.76. The first-order chi connectivity index (χ1) is 7.25. The van der Waals surface area contributed by atoms with Gasteiger partial charge in [0.1, 0.15) is 0 Å². The van der Waals surface area contributed by atoms with Crippen molar-refractivity contribution in [2.24, 2.45) is 0 Å². The van der Waals surface area contributed by atoms with Crippen LogP contribution in [-0.2, 0) is 4.79 Å². The number of benzene rings is 1. The molecular formula is C12H15NO2. The van der Waals surface area contributed by atoms with Crippen molar-refractivity contribution >= 4 is 5.97 Å². The smallest absolute Gasteiger partial charge is 0.317 e. The van der Waals surface area contributed by atoms with Crippen LogP contribution in [0.3, 0.4) is 0 Å². The van der Waals surface area contributed by atoms with Gasteiger partial charge >= 0.3 is 5.97 Å². The van der Waals surface area contributed by atoms with Gasteiger partial charge in [0.2, 0.25) is 0 Å². The number of rotatable bonds is 4. The van der Waals surface area contributed by atoms with Gasteiger partial charge in [-0.25, -0.2) is 0 Å². The molecule has 1 saturated carbocycles. The fourth-order valence-corrected chi connectivity index (χ4v) is 2.01. The van der Waals surface area contributed by atoms with Crippen LogP contribution >= 0.6 is 0 Å². The highest BCUT2D eigenvalue weighted by molar-refractivity contribution is 5.69. The fourth-order valence-electron chi connectivity index (χ4n) is 2.01. The van der Waals surface area contributed by atoms with Crippen LogP contribution in [0.5, 0.6) is 0 Å². The van der Waals surface area contributed by atoms with Gasteiger partial charge in [0.05, 0.1) is 6.54 Å². The Morgan fingerprint density at radius 1 is 1.33 bits per heavy atom. The molecule has 2 N–H and O–H groups in total. The molecule has 0 radical (unpaired) electrons. The van der Waals surface area contributed by atoms with E-state index in [1.165, 1.54) is 5.56 Å². The normalized spacial score (nSPS) is 24.5. The van der Waals surface area contributed by atoms with Crippen molar-refractivity contribution in [3.05, 3.63) is 35.9 Å². The SMILES string of the molecule is O=C(O)CNC1CC(c2ccccc2)C1. The molecule has 1 aromatic carbocycles. The van der Waals surface area contributed by atoms with Crippen molar-refractivity contribution < 1.29 is 9.90 Å². The van der Waals surface area contributed by atoms with Crippen molar-refractivity contribution in [1.82, 2.24) is 5.32 Å². The van der Waals surface area contributed by atoms with Crippen molar-refractivity contribution in [3.8, 4) is 0 Å². The molecule has 3 heteroatoms. The quantitative estimate of drug-likeness (QED) is 0.785. The number of hydrogen-bond acceptors (Lipinski definition) is 2. The van der Waals surface area contributed by atoms with Crippen LogP contribution in [0, 0.1) is 0 Å². The zero-order valence-corrected chi connectivity index (χ0v) is 8.52. The number of aliphatic carboxylic acids is 1. The van der Waals surface area contributed by atoms with Gasteiger partial charge in [0.25, 0.3) is 0 Å². The molecule has 0 unspecified atom stereocenters. The molecule has 0 saturated heterocycles. The van der Waals surface area contributed by atoms with Gasteiger partial charge in [-0.15, -0.1) is 0 Å². The lowest BCUT2D eigenvalue weighted by Gasteiger charge is -2.36. The second kappa shape index (κ2) is 4.45. The Kier molecular flexibility index (Phi) is 3.02. The van der Waals surface area contributed by atoms with Gasteiger partial charge in [-0.1, -0.05) is 30.3 Å². The topological polar surface area (TPSA) is 49.3 Å². The van der Waals surface area contributed by atoms with Crippen LogP contribution in [0.25, 0.3) is 0 Å². The summed E-state index contributed by atoms with van der Waals surface area (Å²) in [5, 5.41) is 11.5. The average molecular weight is 205 g/mol. The Morgan fingerprint density at radius 2 is 2.00 bits per heavy atom. The second-order valence-electron chi connectivity index (χ2n) is 4.05. The van der Waals surface area contributed by atoms with Crippen LogP contribution in [0.4, 0.5) is 0 Å². The van der Waals surface area contributed by atoms with Crippen LogP contribution < -0.4 is 5.32 Å². The first-order valence-corrected chi connectivity index (χ1v) is 5.26. The number of hydrogen-bond donors (Lipinski definition) is 2. The summed E-state index contributed by atoms with van der Waals surface area (Å²) in [4.78, 5) is 10.3. The summed E-state index contributed by atoms with van der Waals surface area (Å²) >= 11 is 0. The molecule has 80 valence electrons. The van der Waals surface area contributed by atoms with Gasteiger partial charge in [0, 0.05) is 6.04 Å². The molecule has 0 spiro atoms. The molecule has 1 aromatic rings. The van der Waals surface area contributed by atoms with Gasteiger partial charge in [-0.05, 0) is 24.3 Å². The molecule has 0 atom stereocenters. The van der Waals surface area contributed by atoms with Gasteiger partial charge in [-0.3, -0.25) is 4.79 Å². The Labute approximate surface area is 89.1 Å². The maximum atomic E-state index is 10.3. The van der Waals surface area contributed by atoms with Gasteiger partial charge in [0.15, 0.2) is 0 Å². The number of carbonyl (C=O) groups is 1. The monoisotopic (exact) mass is 205 g/mol. The van der Waals surface area contributed by atoms with Crippen LogP contribution in [0.2, 0.25) is 0 Å². The van der Waals surface area contributed by atoms with E-state index in [0.29, 0.717) is 12.0 Å². The van der Waals surface area contributed by atoms with E-state index in [4.69, 9.17) is 5.11 Å². The lowest BCUT2D eigenvalue weighted by atomic mass is 9.76. The standard InChI is InChI=1S/C12H15NO2/c14-12(15)8-13-11-6-10(7-11)9-4-2-1-3-5-9/h1-5,10-11,13H,6-8H2,(H,14,15). The summed E-state index contributed by atoms with van der Waals surface area (Å²) in [5.74, 6) is -0.171. The van der Waals surface area contributed by atoms with Crippen LogP contribution in [0.1, 0.15) is 24.3 Å². The summed E-state index contributed by atoms with van der Waals surface area (Å²) in [6, 6.07) is 10.8. The average Bonchev–Trinajstić information content (AvgIpc) is 2.16. The van der Waals surface area contributed by atoms with Crippen molar-refractivity contribution in [1.29, 1.82) is 0 Å². The highest BCUT2D eigenvalue weighted by Crippen LogP contribution is 2.36. The third-order valence-electron chi connectivity index (χ3n) is 2.95. The van der Waals surface area contributed by atoms with Crippen molar-refractivity contribution in [3.63, 3.8) is 0 Å². The minimum Gasteiger partial charge on any atom is -0.480 e. The summed E-state index contributed by atoms with van der Waals surface area (Å²) in [6.45, 7) is 0.0756. The molecule has 1 aliphatic rings. The van der Waals surface area contributed by atoms with Gasteiger partial charge in [-0.2, -0.15) is 0 Å². The predicted octanol–water partition coefficient (Wildman–Crippen LogP) is 1.61. The summed E-state index contributed by atoms with van der Waals surface area (Å²) < 4.78 is 0. The predicted molar refractivity (Wildman–Crippen MR) is 57.8 cm³/mol. The molecule has 0 bridgehead atoms. The lowest BCUT2D eigenvalue weighted by molar-refractivity contribution is -0.136. The maximum absolute atomic E-state index is 10.3. The Bertz CT molecular complexity index is 331. The molecule has 3 nitrogen and oxygen atoms in total. The Hall–Kier alpha value is -1.35. The van der Waals surface area contributed by atoms with E-state index in [2.05, 4.69) is 17.4 Å². The first-order valence-electron chi connectivity index (χ1n) is 5.26. The largest absolute Gasteiger partial charge is 0.480 e. The fraction of sp³-hybridized carbons (Fsp3) is 0.417. The first kappa shape index (κ1) is 10.2. The van der Waals surface area contributed by atoms with E-state index < -0.39 is 5.97 Å². The molecular weight excluding hydrogens is 190 g/mol. The van der Waals surface area contributed by atoms with Crippen LogP contribution in [-0.4, -0.2) is 23.7 Å². The maximum Gasteiger partial charge on any atom is 0.317 e. The minimum absolute atomic E-state index is 0.0756. The number of carboxylic acid groups (broad SMARTS) is 1. The number of nitrogens with one attached hydrogen (secondary N) is 1. The van der Waals surface area contributed by atoms with E-state index >= 15 is 0 Å². The minimum atomic E-state index is -0.779. The lowest BCUT2D eigenvalue weighted by Crippen LogP contribution is -2.42. The van der Waals surface area contributed by atoms with E-state index in [0.717, 1.165) is 12.8 Å². The van der Waals surface area contributed by atoms with E-state index in [1.807, 2.05) is 18.2 Å². The molecule has 0 amide bonds. The van der Waals surface area contributed by atoms with E-state index in [9.17, 15) is 4.79 Å². The second-order valence-corrected chi connectivity index (χ2v) is 4.05. The number of carboxylic acids is 1. The molecule has 1 aliphatic carbocycles. The summed E-state index contributed by atoms with van der Waals surface area (Å²) in [6.07, 6.45) is 2.11. The van der Waals surface area contributed by atoms with Crippen molar-refractivity contribution in [2.45, 2.75) is 24.8 Å². The molecule has 0 heterocycles. The summed E-state index contributed by atoms with van der Waals surface area (Å²) in [5.41, 5.74) is 1.37. The van der Waals surface area contributed by atoms with Crippen molar-refractivity contribution in [2.75, 3.05) is 6.54 Å². The molecule has 2 rings (SSSR count). The molecule has 0 aliphatic heterocycles. The zero-order valence-electron chi connectivity index (χ0n) is 8.52. The third kappa shape index (κ3) is 2.57. The third-order valence-corrected chi connectivity index (χ3v) is 2.95. The van der Waals surface area contributed by atoms with Crippen LogP contribution in [0.15, 0.2) is 30.3 Å². The Morgan fingerprint density at radius 3 is 2.60 bits per heavy atom. The molecule has 15 heavy (non-hydrogen) atoms. The highest BCUT2D eigenvalue weighted by atomic mass is 16.4. The van der Waals surface area contributed by atoms with E-state index in [1.54, 1.807) is 0 Å². The molecule has 1 fully saturated rings.